The Kier molecular flexibility index (Phi) is 5.03. The van der Waals surface area contributed by atoms with E-state index in [1.807, 2.05) is 54.6 Å². The van der Waals surface area contributed by atoms with Crippen LogP contribution in [0.1, 0.15) is 21.7 Å². The molecule has 0 aliphatic heterocycles. The predicted octanol–water partition coefficient (Wildman–Crippen LogP) is 2.81. The molecule has 3 rings (SSSR count). The highest BCUT2D eigenvalue weighted by Crippen LogP contribution is 2.18. The first-order chi connectivity index (χ1) is 11.8. The highest BCUT2D eigenvalue weighted by Gasteiger charge is 2.13. The normalized spacial score (nSPS) is 10.5. The first-order valence-electron chi connectivity index (χ1n) is 7.75. The number of benzene rings is 2. The standard InChI is InChI=1S/C19H18N2O3/c22-13-15-8-6-14(7-9-15)10-11-20-19(23)18-12-17(21-24-18)16-4-2-1-3-5-16/h1-9,12,22H,10-11,13H2,(H,20,23). The molecule has 1 amide bonds. The van der Waals surface area contributed by atoms with Crippen molar-refractivity contribution < 1.29 is 14.4 Å². The van der Waals surface area contributed by atoms with Crippen LogP contribution in [-0.4, -0.2) is 22.7 Å². The van der Waals surface area contributed by atoms with Crippen LogP contribution in [0, 0.1) is 0 Å². The minimum Gasteiger partial charge on any atom is -0.392 e. The molecule has 0 radical (unpaired) electrons. The smallest absolute Gasteiger partial charge is 0.289 e. The Balaban J connectivity index is 1.54. The second kappa shape index (κ2) is 7.57. The topological polar surface area (TPSA) is 75.4 Å². The summed E-state index contributed by atoms with van der Waals surface area (Å²) in [5, 5.41) is 15.8. The van der Waals surface area contributed by atoms with E-state index in [-0.39, 0.29) is 18.3 Å². The Morgan fingerprint density at radius 1 is 1.04 bits per heavy atom. The van der Waals surface area contributed by atoms with E-state index in [0.29, 0.717) is 18.7 Å². The summed E-state index contributed by atoms with van der Waals surface area (Å²) in [7, 11) is 0. The molecule has 5 nitrogen and oxygen atoms in total. The number of aliphatic hydroxyl groups excluding tert-OH is 1. The van der Waals surface area contributed by atoms with Gasteiger partial charge in [0.1, 0.15) is 5.69 Å². The number of hydrogen-bond acceptors (Lipinski definition) is 4. The number of aliphatic hydroxyl groups is 1. The van der Waals surface area contributed by atoms with Crippen molar-refractivity contribution in [1.29, 1.82) is 0 Å². The van der Waals surface area contributed by atoms with Crippen LogP contribution in [-0.2, 0) is 13.0 Å². The number of amides is 1. The van der Waals surface area contributed by atoms with E-state index < -0.39 is 0 Å². The molecular weight excluding hydrogens is 304 g/mol. The van der Waals surface area contributed by atoms with Crippen molar-refractivity contribution in [2.75, 3.05) is 6.54 Å². The summed E-state index contributed by atoms with van der Waals surface area (Å²) in [6.07, 6.45) is 0.705. The minimum absolute atomic E-state index is 0.0340. The molecule has 0 aliphatic carbocycles. The maximum atomic E-state index is 12.1. The molecule has 2 aromatic carbocycles. The molecule has 0 atom stereocenters. The second-order valence-electron chi connectivity index (χ2n) is 5.42. The molecule has 24 heavy (non-hydrogen) atoms. The van der Waals surface area contributed by atoms with Crippen molar-refractivity contribution in [2.45, 2.75) is 13.0 Å². The van der Waals surface area contributed by atoms with Crippen molar-refractivity contribution in [3.05, 3.63) is 77.6 Å². The van der Waals surface area contributed by atoms with E-state index in [0.717, 1.165) is 16.7 Å². The first kappa shape index (κ1) is 16.0. The molecule has 0 saturated heterocycles. The van der Waals surface area contributed by atoms with Gasteiger partial charge in [-0.25, -0.2) is 0 Å². The Hall–Kier alpha value is -2.92. The minimum atomic E-state index is -0.281. The van der Waals surface area contributed by atoms with Gasteiger partial charge >= 0.3 is 0 Å². The van der Waals surface area contributed by atoms with Gasteiger partial charge in [0.05, 0.1) is 6.61 Å². The van der Waals surface area contributed by atoms with Gasteiger partial charge in [-0.3, -0.25) is 4.79 Å². The van der Waals surface area contributed by atoms with Gasteiger partial charge in [-0.1, -0.05) is 59.8 Å². The third kappa shape index (κ3) is 3.88. The van der Waals surface area contributed by atoms with E-state index in [1.54, 1.807) is 6.07 Å². The van der Waals surface area contributed by atoms with Crippen LogP contribution in [0.25, 0.3) is 11.3 Å². The molecule has 5 heteroatoms. The summed E-state index contributed by atoms with van der Waals surface area (Å²) in [5.41, 5.74) is 3.51. The van der Waals surface area contributed by atoms with Gasteiger partial charge in [-0.2, -0.15) is 0 Å². The third-order valence-electron chi connectivity index (χ3n) is 3.71. The molecule has 3 aromatic rings. The van der Waals surface area contributed by atoms with E-state index in [2.05, 4.69) is 10.5 Å². The largest absolute Gasteiger partial charge is 0.392 e. The average molecular weight is 322 g/mol. The molecule has 122 valence electrons. The summed E-state index contributed by atoms with van der Waals surface area (Å²) in [6, 6.07) is 18.8. The van der Waals surface area contributed by atoms with Crippen molar-refractivity contribution in [3.63, 3.8) is 0 Å². The quantitative estimate of drug-likeness (QED) is 0.732. The number of rotatable bonds is 6. The van der Waals surface area contributed by atoms with E-state index >= 15 is 0 Å². The summed E-state index contributed by atoms with van der Waals surface area (Å²) < 4.78 is 5.12. The molecule has 1 aromatic heterocycles. The van der Waals surface area contributed by atoms with Gasteiger partial charge in [-0.05, 0) is 17.5 Å². The zero-order chi connectivity index (χ0) is 16.8. The molecule has 0 fully saturated rings. The summed E-state index contributed by atoms with van der Waals surface area (Å²) in [5.74, 6) is -0.0823. The number of carbonyl (C=O) groups is 1. The lowest BCUT2D eigenvalue weighted by molar-refractivity contribution is 0.0917. The second-order valence-corrected chi connectivity index (χ2v) is 5.42. The van der Waals surface area contributed by atoms with Gasteiger partial charge in [0.15, 0.2) is 0 Å². The summed E-state index contributed by atoms with van der Waals surface area (Å²) in [6.45, 7) is 0.533. The lowest BCUT2D eigenvalue weighted by atomic mass is 10.1. The van der Waals surface area contributed by atoms with Crippen LogP contribution >= 0.6 is 0 Å². The highest BCUT2D eigenvalue weighted by molar-refractivity contribution is 5.92. The van der Waals surface area contributed by atoms with Crippen LogP contribution < -0.4 is 5.32 Å². The van der Waals surface area contributed by atoms with Crippen molar-refractivity contribution >= 4 is 5.91 Å². The first-order valence-corrected chi connectivity index (χ1v) is 7.75. The molecule has 0 spiro atoms. The highest BCUT2D eigenvalue weighted by atomic mass is 16.5. The number of nitrogens with one attached hydrogen (secondary N) is 1. The Morgan fingerprint density at radius 2 is 1.75 bits per heavy atom. The van der Waals surface area contributed by atoms with Gasteiger partial charge in [-0.15, -0.1) is 0 Å². The maximum absolute atomic E-state index is 12.1. The fourth-order valence-corrected chi connectivity index (χ4v) is 2.35. The number of aromatic nitrogens is 1. The van der Waals surface area contributed by atoms with E-state index in [1.165, 1.54) is 0 Å². The van der Waals surface area contributed by atoms with Crippen LogP contribution in [0.2, 0.25) is 0 Å². The van der Waals surface area contributed by atoms with Gasteiger partial charge < -0.3 is 14.9 Å². The van der Waals surface area contributed by atoms with Crippen LogP contribution in [0.5, 0.6) is 0 Å². The third-order valence-corrected chi connectivity index (χ3v) is 3.71. The van der Waals surface area contributed by atoms with Gasteiger partial charge in [0, 0.05) is 18.2 Å². The molecule has 0 aliphatic rings. The molecule has 0 saturated carbocycles. The van der Waals surface area contributed by atoms with Crippen LogP contribution in [0.4, 0.5) is 0 Å². The predicted molar refractivity (Wildman–Crippen MR) is 90.3 cm³/mol. The van der Waals surface area contributed by atoms with Crippen molar-refractivity contribution in [1.82, 2.24) is 10.5 Å². The molecule has 1 heterocycles. The monoisotopic (exact) mass is 322 g/mol. The molecule has 0 bridgehead atoms. The molecule has 0 unspecified atom stereocenters. The zero-order valence-electron chi connectivity index (χ0n) is 13.1. The molecule has 2 N–H and O–H groups in total. The fraction of sp³-hybridized carbons (Fsp3) is 0.158. The van der Waals surface area contributed by atoms with Crippen molar-refractivity contribution in [2.24, 2.45) is 0 Å². The Bertz CT molecular complexity index is 795. The Labute approximate surface area is 139 Å². The van der Waals surface area contributed by atoms with E-state index in [4.69, 9.17) is 9.63 Å². The van der Waals surface area contributed by atoms with Crippen molar-refractivity contribution in [3.8, 4) is 11.3 Å². The Morgan fingerprint density at radius 3 is 2.46 bits per heavy atom. The van der Waals surface area contributed by atoms with Gasteiger partial charge in [0.2, 0.25) is 5.76 Å². The average Bonchev–Trinajstić information content (AvgIpc) is 3.13. The number of hydrogen-bond donors (Lipinski definition) is 2. The van der Waals surface area contributed by atoms with Crippen LogP contribution in [0.3, 0.4) is 0 Å². The lowest BCUT2D eigenvalue weighted by Gasteiger charge is -2.04. The van der Waals surface area contributed by atoms with Crippen LogP contribution in [0.15, 0.2) is 65.2 Å². The van der Waals surface area contributed by atoms with E-state index in [9.17, 15) is 4.79 Å². The zero-order valence-corrected chi connectivity index (χ0v) is 13.1. The number of carbonyl (C=O) groups excluding carboxylic acids is 1. The molecular formula is C19H18N2O3. The number of nitrogens with zero attached hydrogens (tertiary/aromatic N) is 1. The summed E-state index contributed by atoms with van der Waals surface area (Å²) in [4.78, 5) is 12.1. The maximum Gasteiger partial charge on any atom is 0.289 e. The fourth-order valence-electron chi connectivity index (χ4n) is 2.35. The SMILES string of the molecule is O=C(NCCc1ccc(CO)cc1)c1cc(-c2ccccc2)no1. The van der Waals surface area contributed by atoms with Gasteiger partial charge in [0.25, 0.3) is 5.91 Å². The lowest BCUT2D eigenvalue weighted by Crippen LogP contribution is -2.25. The summed E-state index contributed by atoms with van der Waals surface area (Å²) >= 11 is 0.